The van der Waals surface area contributed by atoms with E-state index in [1.54, 1.807) is 18.2 Å². The van der Waals surface area contributed by atoms with Crippen molar-refractivity contribution in [1.29, 1.82) is 0 Å². The molecule has 0 aliphatic carbocycles. The monoisotopic (exact) mass is 353 g/mol. The number of imide groups is 1. The molecule has 0 radical (unpaired) electrons. The fraction of sp³-hybridized carbons (Fsp3) is 0.357. The van der Waals surface area contributed by atoms with E-state index in [1.165, 1.54) is 4.90 Å². The summed E-state index contributed by atoms with van der Waals surface area (Å²) in [5.41, 5.74) is 0.853. The molecule has 6 nitrogen and oxygen atoms in total. The van der Waals surface area contributed by atoms with Crippen molar-refractivity contribution in [3.63, 3.8) is 0 Å². The summed E-state index contributed by atoms with van der Waals surface area (Å²) in [6.07, 6.45) is 0.518. The molecule has 0 bridgehead atoms. The topological polar surface area (TPSA) is 78.5 Å². The van der Waals surface area contributed by atoms with Crippen molar-refractivity contribution < 1.29 is 14.4 Å². The van der Waals surface area contributed by atoms with Crippen molar-refractivity contribution in [2.24, 2.45) is 0 Å². The molecule has 0 spiro atoms. The maximum Gasteiger partial charge on any atom is 0.314 e. The molecule has 21 heavy (non-hydrogen) atoms. The van der Waals surface area contributed by atoms with E-state index in [4.69, 9.17) is 0 Å². The van der Waals surface area contributed by atoms with Gasteiger partial charge in [0.25, 0.3) is 11.8 Å². The Morgan fingerprint density at radius 3 is 2.62 bits per heavy atom. The highest BCUT2D eigenvalue weighted by atomic mass is 79.9. The molecule has 1 aliphatic rings. The summed E-state index contributed by atoms with van der Waals surface area (Å²) in [7, 11) is 0. The van der Waals surface area contributed by atoms with Gasteiger partial charge in [0, 0.05) is 24.1 Å². The fourth-order valence-corrected chi connectivity index (χ4v) is 2.49. The second-order valence-corrected chi connectivity index (χ2v) is 5.51. The van der Waals surface area contributed by atoms with E-state index in [1.807, 2.05) is 6.92 Å². The Hall–Kier alpha value is -1.89. The minimum Gasteiger partial charge on any atom is -0.338 e. The fourth-order valence-electron chi connectivity index (χ4n) is 2.13. The van der Waals surface area contributed by atoms with Gasteiger partial charge in [-0.05, 0) is 31.5 Å². The van der Waals surface area contributed by atoms with Crippen molar-refractivity contribution >= 4 is 33.8 Å². The first kappa shape index (κ1) is 15.5. The number of halogens is 1. The largest absolute Gasteiger partial charge is 0.338 e. The molecule has 2 N–H and O–H groups in total. The van der Waals surface area contributed by atoms with Gasteiger partial charge in [-0.25, -0.2) is 4.79 Å². The predicted octanol–water partition coefficient (Wildman–Crippen LogP) is 1.75. The molecule has 1 aliphatic heterocycles. The quantitative estimate of drug-likeness (QED) is 0.625. The van der Waals surface area contributed by atoms with Crippen LogP contribution in [-0.2, 0) is 0 Å². The maximum atomic E-state index is 12.2. The summed E-state index contributed by atoms with van der Waals surface area (Å²) in [4.78, 5) is 36.7. The van der Waals surface area contributed by atoms with Gasteiger partial charge in [-0.3, -0.25) is 14.5 Å². The average molecular weight is 354 g/mol. The Labute approximate surface area is 131 Å². The van der Waals surface area contributed by atoms with Gasteiger partial charge >= 0.3 is 6.03 Å². The summed E-state index contributed by atoms with van der Waals surface area (Å²) in [5, 5.41) is 5.27. The van der Waals surface area contributed by atoms with Gasteiger partial charge in [-0.2, -0.15) is 0 Å². The van der Waals surface area contributed by atoms with Crippen LogP contribution in [0.15, 0.2) is 22.7 Å². The van der Waals surface area contributed by atoms with Gasteiger partial charge in [-0.1, -0.05) is 15.9 Å². The third-order valence-electron chi connectivity index (χ3n) is 3.11. The standard InChI is InChI=1S/C14H16BrN3O3/c1-2-16-14(21)17-6-3-7-18-12(19)10-5-4-9(15)8-11(10)13(18)20/h4-5,8H,2-3,6-7H2,1H3,(H2,16,17,21). The molecule has 1 aromatic carbocycles. The van der Waals surface area contributed by atoms with Gasteiger partial charge in [0.05, 0.1) is 11.1 Å². The van der Waals surface area contributed by atoms with Crippen LogP contribution < -0.4 is 10.6 Å². The van der Waals surface area contributed by atoms with E-state index in [9.17, 15) is 14.4 Å². The number of nitrogens with zero attached hydrogens (tertiary/aromatic N) is 1. The molecule has 0 unspecified atom stereocenters. The summed E-state index contributed by atoms with van der Waals surface area (Å²) in [6, 6.07) is 4.79. The SMILES string of the molecule is CCNC(=O)NCCCN1C(=O)c2ccc(Br)cc2C1=O. The van der Waals surface area contributed by atoms with Gasteiger partial charge < -0.3 is 10.6 Å². The van der Waals surface area contributed by atoms with E-state index < -0.39 is 0 Å². The second-order valence-electron chi connectivity index (χ2n) is 4.59. The number of amides is 4. The van der Waals surface area contributed by atoms with Gasteiger partial charge in [-0.15, -0.1) is 0 Å². The van der Waals surface area contributed by atoms with Gasteiger partial charge in [0.15, 0.2) is 0 Å². The van der Waals surface area contributed by atoms with E-state index in [0.717, 1.165) is 4.47 Å². The zero-order valence-electron chi connectivity index (χ0n) is 11.6. The third-order valence-corrected chi connectivity index (χ3v) is 3.61. The lowest BCUT2D eigenvalue weighted by atomic mass is 10.1. The first-order valence-corrected chi connectivity index (χ1v) is 7.51. The summed E-state index contributed by atoms with van der Waals surface area (Å²) < 4.78 is 0.766. The summed E-state index contributed by atoms with van der Waals surface area (Å²) in [5.74, 6) is -0.560. The van der Waals surface area contributed by atoms with E-state index in [2.05, 4.69) is 26.6 Å². The minimum atomic E-state index is -0.283. The Morgan fingerprint density at radius 1 is 1.19 bits per heavy atom. The number of carbonyl (C=O) groups excluding carboxylic acids is 3. The van der Waals surface area contributed by atoms with Crippen molar-refractivity contribution in [3.05, 3.63) is 33.8 Å². The normalized spacial score (nSPS) is 13.3. The van der Waals surface area contributed by atoms with Crippen molar-refractivity contribution in [3.8, 4) is 0 Å². The molecular weight excluding hydrogens is 338 g/mol. The molecular formula is C14H16BrN3O3. The number of benzene rings is 1. The smallest absolute Gasteiger partial charge is 0.314 e. The average Bonchev–Trinajstić information content (AvgIpc) is 2.68. The number of hydrogen-bond donors (Lipinski definition) is 2. The number of nitrogens with one attached hydrogen (secondary N) is 2. The van der Waals surface area contributed by atoms with Crippen LogP contribution in [-0.4, -0.2) is 42.4 Å². The van der Waals surface area contributed by atoms with E-state index in [0.29, 0.717) is 30.6 Å². The first-order chi connectivity index (χ1) is 10.0. The Balaban J connectivity index is 1.90. The van der Waals surface area contributed by atoms with Crippen LogP contribution in [0, 0.1) is 0 Å². The van der Waals surface area contributed by atoms with E-state index in [-0.39, 0.29) is 24.4 Å². The molecule has 2 rings (SSSR count). The summed E-state index contributed by atoms with van der Waals surface area (Å²) in [6.45, 7) is 3.08. The van der Waals surface area contributed by atoms with E-state index >= 15 is 0 Å². The lowest BCUT2D eigenvalue weighted by Crippen LogP contribution is -2.38. The van der Waals surface area contributed by atoms with Crippen molar-refractivity contribution in [1.82, 2.24) is 15.5 Å². The molecule has 0 aromatic heterocycles. The lowest BCUT2D eigenvalue weighted by molar-refractivity contribution is 0.0653. The lowest BCUT2D eigenvalue weighted by Gasteiger charge is -2.13. The molecule has 112 valence electrons. The second kappa shape index (κ2) is 6.71. The van der Waals surface area contributed by atoms with Crippen LogP contribution in [0.2, 0.25) is 0 Å². The van der Waals surface area contributed by atoms with Crippen LogP contribution in [0.3, 0.4) is 0 Å². The highest BCUT2D eigenvalue weighted by molar-refractivity contribution is 9.10. The first-order valence-electron chi connectivity index (χ1n) is 6.72. The molecule has 0 saturated heterocycles. The maximum absolute atomic E-state index is 12.2. The highest BCUT2D eigenvalue weighted by Crippen LogP contribution is 2.25. The number of fused-ring (bicyclic) bond motifs is 1. The molecule has 0 saturated carbocycles. The van der Waals surface area contributed by atoms with Crippen LogP contribution in [0.1, 0.15) is 34.1 Å². The molecule has 1 aromatic rings. The number of rotatable bonds is 5. The number of carbonyl (C=O) groups is 3. The molecule has 1 heterocycles. The summed E-state index contributed by atoms with van der Waals surface area (Å²) >= 11 is 3.29. The minimum absolute atomic E-state index is 0.246. The Morgan fingerprint density at radius 2 is 1.90 bits per heavy atom. The molecule has 0 fully saturated rings. The predicted molar refractivity (Wildman–Crippen MR) is 81.2 cm³/mol. The van der Waals surface area contributed by atoms with Gasteiger partial charge in [0.2, 0.25) is 0 Å². The number of urea groups is 1. The number of hydrogen-bond acceptors (Lipinski definition) is 3. The van der Waals surface area contributed by atoms with Crippen LogP contribution in [0.25, 0.3) is 0 Å². The van der Waals surface area contributed by atoms with Gasteiger partial charge in [0.1, 0.15) is 0 Å². The third kappa shape index (κ3) is 3.41. The van der Waals surface area contributed by atoms with Crippen molar-refractivity contribution in [2.45, 2.75) is 13.3 Å². The Bertz CT molecular complexity index is 589. The molecule has 0 atom stereocenters. The van der Waals surface area contributed by atoms with Crippen molar-refractivity contribution in [2.75, 3.05) is 19.6 Å². The zero-order valence-corrected chi connectivity index (χ0v) is 13.2. The highest BCUT2D eigenvalue weighted by Gasteiger charge is 2.34. The Kier molecular flexibility index (Phi) is 4.95. The molecule has 7 heteroatoms. The van der Waals surface area contributed by atoms with Crippen LogP contribution >= 0.6 is 15.9 Å². The van der Waals surface area contributed by atoms with Crippen LogP contribution in [0.5, 0.6) is 0 Å². The van der Waals surface area contributed by atoms with Crippen LogP contribution in [0.4, 0.5) is 4.79 Å². The molecule has 4 amide bonds. The zero-order chi connectivity index (χ0) is 15.4.